The number of carbonyl (C=O) groups excluding carboxylic acids is 2. The number of H-pyrrole nitrogens is 2. The van der Waals surface area contributed by atoms with E-state index in [1.54, 1.807) is 18.5 Å². The molecule has 1 atom stereocenters. The van der Waals surface area contributed by atoms with Crippen LogP contribution in [0.15, 0.2) is 47.7 Å². The Morgan fingerprint density at radius 1 is 1.18 bits per heavy atom. The number of aryl methyl sites for hydroxylation is 1. The summed E-state index contributed by atoms with van der Waals surface area (Å²) in [5, 5.41) is 28.1. The van der Waals surface area contributed by atoms with Gasteiger partial charge < -0.3 is 34.4 Å². The molecule has 0 aliphatic heterocycles. The maximum absolute atomic E-state index is 12.9. The number of esters is 1. The maximum atomic E-state index is 12.9. The number of aliphatic hydroxyl groups excluding tert-OH is 1. The molecule has 4 rings (SSSR count). The van der Waals surface area contributed by atoms with E-state index in [1.165, 1.54) is 6.20 Å². The van der Waals surface area contributed by atoms with Gasteiger partial charge in [0.1, 0.15) is 16.7 Å². The molecule has 0 saturated heterocycles. The Morgan fingerprint density at radius 3 is 2.61 bits per heavy atom. The van der Waals surface area contributed by atoms with Gasteiger partial charge in [-0.25, -0.2) is 14.6 Å². The van der Waals surface area contributed by atoms with E-state index < -0.39 is 36.9 Å². The molecule has 44 heavy (non-hydrogen) atoms. The zero-order valence-corrected chi connectivity index (χ0v) is 26.9. The molecular weight excluding hydrogens is 581 g/mol. The summed E-state index contributed by atoms with van der Waals surface area (Å²) in [6, 6.07) is 7.86. The van der Waals surface area contributed by atoms with E-state index >= 15 is 0 Å². The number of carboxylic acids is 1. The molecule has 14 nitrogen and oxygen atoms in total. The molecule has 0 fully saturated rings. The minimum Gasteiger partial charge on any atom is -0.548 e. The van der Waals surface area contributed by atoms with Crippen molar-refractivity contribution in [2.45, 2.75) is 51.5 Å². The van der Waals surface area contributed by atoms with Gasteiger partial charge in [0.2, 0.25) is 12.7 Å². The quantitative estimate of drug-likeness (QED) is 0.0805. The Labute approximate surface area is 274 Å². The van der Waals surface area contributed by atoms with Gasteiger partial charge in [0, 0.05) is 23.7 Å². The van der Waals surface area contributed by atoms with Crippen LogP contribution in [0.1, 0.15) is 62.3 Å². The first-order valence-electron chi connectivity index (χ1n) is 13.5. The molecule has 0 aliphatic rings. The number of ether oxygens (including phenoxy) is 2. The number of hydrogen-bond acceptors (Lipinski definition) is 11. The summed E-state index contributed by atoms with van der Waals surface area (Å²) in [5.41, 5.74) is 1.95. The van der Waals surface area contributed by atoms with Gasteiger partial charge in [-0.05, 0) is 30.6 Å². The number of rotatable bonds is 12. The Bertz CT molecular complexity index is 1740. The van der Waals surface area contributed by atoms with Gasteiger partial charge in [-0.2, -0.15) is 0 Å². The predicted molar refractivity (Wildman–Crippen MR) is 151 cm³/mol. The van der Waals surface area contributed by atoms with Crippen LogP contribution in [0.2, 0.25) is 0 Å². The number of carbonyl (C=O) groups is 2. The molecule has 15 heteroatoms. The molecule has 4 aromatic rings. The second-order valence-corrected chi connectivity index (χ2v) is 10.6. The number of nitrogens with zero attached hydrogens (tertiary/aromatic N) is 5. The Kier molecular flexibility index (Phi) is 12.2. The zero-order valence-electron chi connectivity index (χ0n) is 24.9. The molecule has 0 amide bonds. The average molecular weight is 614 g/mol. The summed E-state index contributed by atoms with van der Waals surface area (Å²) < 4.78 is 12.0. The fourth-order valence-electron chi connectivity index (χ4n) is 4.11. The maximum Gasteiger partial charge on any atom is 1.00 e. The minimum absolute atomic E-state index is 0. The number of aliphatic hydroxyl groups is 1. The van der Waals surface area contributed by atoms with Crippen molar-refractivity contribution in [3.63, 3.8) is 0 Å². The number of aromatic nitrogens is 7. The smallest absolute Gasteiger partial charge is 0.548 e. The molecule has 0 aliphatic carbocycles. The van der Waals surface area contributed by atoms with Crippen molar-refractivity contribution < 1.29 is 58.8 Å². The van der Waals surface area contributed by atoms with Crippen LogP contribution in [0.5, 0.6) is 5.88 Å². The van der Waals surface area contributed by atoms with Crippen molar-refractivity contribution >= 4 is 24.1 Å². The third-order valence-electron chi connectivity index (χ3n) is 6.29. The summed E-state index contributed by atoms with van der Waals surface area (Å²) in [6.45, 7) is 4.92. The summed E-state index contributed by atoms with van der Waals surface area (Å²) in [7, 11) is 0. The van der Waals surface area contributed by atoms with Crippen LogP contribution < -0.4 is 55.7 Å². The molecule has 0 saturated carbocycles. The van der Waals surface area contributed by atoms with Crippen molar-refractivity contribution in [1.29, 1.82) is 0 Å². The van der Waals surface area contributed by atoms with Gasteiger partial charge in [0.15, 0.2) is 0 Å². The fourth-order valence-corrected chi connectivity index (χ4v) is 4.11. The Balaban J connectivity index is 0.00000529. The summed E-state index contributed by atoms with van der Waals surface area (Å²) in [4.78, 5) is 51.0. The van der Waals surface area contributed by atoms with Crippen LogP contribution in [0.4, 0.5) is 0 Å². The van der Waals surface area contributed by atoms with E-state index in [4.69, 9.17) is 9.47 Å². The van der Waals surface area contributed by atoms with Gasteiger partial charge in [-0.15, -0.1) is 5.10 Å². The molecule has 1 unspecified atom stereocenters. The van der Waals surface area contributed by atoms with Crippen molar-refractivity contribution in [3.8, 4) is 5.88 Å². The van der Waals surface area contributed by atoms with E-state index in [0.717, 1.165) is 15.9 Å². The number of hydrogen-bond donors (Lipinski definition) is 3. The molecule has 0 bridgehead atoms. The van der Waals surface area contributed by atoms with E-state index in [0.29, 0.717) is 24.2 Å². The van der Waals surface area contributed by atoms with Gasteiger partial charge in [-0.1, -0.05) is 56.3 Å². The van der Waals surface area contributed by atoms with Gasteiger partial charge in [0.25, 0.3) is 5.56 Å². The zero-order chi connectivity index (χ0) is 31.0. The second kappa shape index (κ2) is 15.6. The first-order valence-corrected chi connectivity index (χ1v) is 13.5. The van der Waals surface area contributed by atoms with Crippen LogP contribution in [0, 0.1) is 0 Å². The SMILES string of the molecule is CC(C)(C)c1[nH]cnc1/C=c1\[nH]c(=O)/c(=C/c2ccccc2)nc1OCOC(=O)CCCc1cn(C(CO)C(=O)[O-])nn1.[Na+]. The first kappa shape index (κ1) is 34.4. The molecule has 3 N–H and O–H groups in total. The van der Waals surface area contributed by atoms with Gasteiger partial charge in [0.05, 0.1) is 30.3 Å². The van der Waals surface area contributed by atoms with E-state index in [-0.39, 0.29) is 58.0 Å². The number of imidazole rings is 1. The Hall–Kier alpha value is -4.11. The number of aromatic amines is 2. The van der Waals surface area contributed by atoms with Gasteiger partial charge >= 0.3 is 35.5 Å². The van der Waals surface area contributed by atoms with Crippen LogP contribution in [0.3, 0.4) is 0 Å². The average Bonchev–Trinajstić information content (AvgIpc) is 3.62. The summed E-state index contributed by atoms with van der Waals surface area (Å²) >= 11 is 0. The predicted octanol–water partition coefficient (Wildman–Crippen LogP) is -3.77. The molecule has 3 aromatic heterocycles. The largest absolute Gasteiger partial charge is 1.00 e. The van der Waals surface area contributed by atoms with E-state index in [9.17, 15) is 24.6 Å². The fraction of sp³-hybridized carbons (Fsp3) is 0.345. The molecule has 3 heterocycles. The standard InChI is InChI=1S/C29H33N7O7.Na/c1-29(2,3)25-20(30-16-31-25)13-22-27(33-21(26(39)32-22)12-18-8-5-4-6-9-18)43-17-42-24(38)11-7-10-19-14-36(35-34-19)23(15-37)28(40)41;/h4-6,8-9,12-14,16,23,37H,7,10-11,15,17H2,1-3H3,(H,30,31)(H,32,39)(H,40,41);/q;+1/p-1/b21-12-,22-13-;. The van der Waals surface area contributed by atoms with Crippen LogP contribution in [0.25, 0.3) is 12.2 Å². The van der Waals surface area contributed by atoms with Crippen LogP contribution >= 0.6 is 0 Å². The minimum atomic E-state index is -1.48. The van der Waals surface area contributed by atoms with E-state index in [2.05, 4.69) is 30.2 Å². The third kappa shape index (κ3) is 9.19. The number of aliphatic carboxylic acids is 1. The molecule has 0 spiro atoms. The number of benzene rings is 1. The normalized spacial score (nSPS) is 12.9. The van der Waals surface area contributed by atoms with E-state index in [1.807, 2.05) is 51.1 Å². The van der Waals surface area contributed by atoms with Crippen molar-refractivity contribution in [3.05, 3.63) is 86.6 Å². The molecule has 1 aromatic carbocycles. The summed E-state index contributed by atoms with van der Waals surface area (Å²) in [6.07, 6.45) is 6.87. The number of nitrogens with one attached hydrogen (secondary N) is 2. The molecular formula is C29H32N7NaO7. The van der Waals surface area contributed by atoms with Crippen molar-refractivity contribution in [1.82, 2.24) is 34.9 Å². The molecule has 226 valence electrons. The van der Waals surface area contributed by atoms with Crippen molar-refractivity contribution in [2.75, 3.05) is 13.4 Å². The first-order chi connectivity index (χ1) is 20.5. The second-order valence-electron chi connectivity index (χ2n) is 10.6. The third-order valence-corrected chi connectivity index (χ3v) is 6.29. The Morgan fingerprint density at radius 2 is 1.93 bits per heavy atom. The number of carboxylic acid groups (broad SMARTS) is 1. The van der Waals surface area contributed by atoms with Crippen molar-refractivity contribution in [2.24, 2.45) is 0 Å². The summed E-state index contributed by atoms with van der Waals surface area (Å²) in [5.74, 6) is -1.99. The monoisotopic (exact) mass is 613 g/mol. The van der Waals surface area contributed by atoms with Crippen LogP contribution in [-0.2, 0) is 26.2 Å². The molecule has 0 radical (unpaired) electrons. The van der Waals surface area contributed by atoms with Gasteiger partial charge in [-0.3, -0.25) is 9.59 Å². The van der Waals surface area contributed by atoms with Crippen LogP contribution in [-0.4, -0.2) is 65.4 Å². The topological polar surface area (TPSA) is 201 Å².